The molecule has 0 aliphatic rings. The molecule has 2 heterocycles. The Kier molecular flexibility index (Phi) is 4.69. The first-order valence-electron chi connectivity index (χ1n) is 5.94. The van der Waals surface area contributed by atoms with Crippen LogP contribution >= 0.6 is 22.9 Å². The van der Waals surface area contributed by atoms with E-state index in [2.05, 4.69) is 15.3 Å². The Balaban J connectivity index is 2.21. The van der Waals surface area contributed by atoms with E-state index >= 15 is 0 Å². The van der Waals surface area contributed by atoms with Crippen LogP contribution in [-0.2, 0) is 6.18 Å². The van der Waals surface area contributed by atoms with Crippen molar-refractivity contribution in [1.29, 1.82) is 0 Å². The monoisotopic (exact) mass is 350 g/mol. The van der Waals surface area contributed by atoms with Crippen molar-refractivity contribution in [2.75, 3.05) is 5.32 Å². The minimum atomic E-state index is -4.63. The van der Waals surface area contributed by atoms with Gasteiger partial charge in [-0.3, -0.25) is 4.79 Å². The molecule has 118 valence electrons. The molecule has 1 amide bonds. The van der Waals surface area contributed by atoms with Crippen molar-refractivity contribution in [3.63, 3.8) is 0 Å². The molecule has 2 aromatic heterocycles. The van der Waals surface area contributed by atoms with E-state index in [1.165, 1.54) is 6.20 Å². The third-order valence-corrected chi connectivity index (χ3v) is 4.04. The van der Waals surface area contributed by atoms with Gasteiger partial charge in [0.2, 0.25) is 0 Å². The number of nitrogens with two attached hydrogens (primary N) is 1. The largest absolute Gasteiger partial charge is 0.418 e. The van der Waals surface area contributed by atoms with Crippen molar-refractivity contribution in [1.82, 2.24) is 9.97 Å². The zero-order valence-electron chi connectivity index (χ0n) is 11.1. The van der Waals surface area contributed by atoms with Gasteiger partial charge in [-0.25, -0.2) is 9.97 Å². The number of alkyl halides is 3. The van der Waals surface area contributed by atoms with Crippen LogP contribution < -0.4 is 11.1 Å². The summed E-state index contributed by atoms with van der Waals surface area (Å²) in [5, 5.41) is 2.28. The van der Waals surface area contributed by atoms with Gasteiger partial charge >= 0.3 is 6.18 Å². The number of halogens is 4. The lowest BCUT2D eigenvalue weighted by Crippen LogP contribution is -2.13. The van der Waals surface area contributed by atoms with Crippen molar-refractivity contribution >= 4 is 34.7 Å². The van der Waals surface area contributed by atoms with Crippen LogP contribution in [0.3, 0.4) is 0 Å². The molecule has 0 saturated heterocycles. The zero-order valence-corrected chi connectivity index (χ0v) is 12.7. The number of carbonyl (C=O) groups is 1. The maximum atomic E-state index is 12.7. The molecule has 0 radical (unpaired) electrons. The van der Waals surface area contributed by atoms with E-state index in [4.69, 9.17) is 17.3 Å². The van der Waals surface area contributed by atoms with Crippen LogP contribution in [0.25, 0.3) is 0 Å². The van der Waals surface area contributed by atoms with E-state index in [0.717, 1.165) is 17.5 Å². The highest BCUT2D eigenvalue weighted by atomic mass is 35.5. The van der Waals surface area contributed by atoms with Crippen molar-refractivity contribution in [3.05, 3.63) is 38.9 Å². The third kappa shape index (κ3) is 3.73. The Morgan fingerprint density at radius 3 is 2.64 bits per heavy atom. The number of anilines is 1. The van der Waals surface area contributed by atoms with Crippen molar-refractivity contribution < 1.29 is 18.0 Å². The van der Waals surface area contributed by atoms with Crippen LogP contribution in [0.1, 0.15) is 33.2 Å². The van der Waals surface area contributed by atoms with Gasteiger partial charge in [-0.05, 0) is 13.0 Å². The van der Waals surface area contributed by atoms with Crippen LogP contribution in [0, 0.1) is 0 Å². The van der Waals surface area contributed by atoms with Crippen LogP contribution in [0.5, 0.6) is 0 Å². The van der Waals surface area contributed by atoms with Gasteiger partial charge < -0.3 is 11.1 Å². The first kappa shape index (κ1) is 16.7. The average molecular weight is 351 g/mol. The van der Waals surface area contributed by atoms with Gasteiger partial charge in [0, 0.05) is 6.20 Å². The molecule has 22 heavy (non-hydrogen) atoms. The number of pyridine rings is 1. The van der Waals surface area contributed by atoms with Gasteiger partial charge in [0.15, 0.2) is 0 Å². The van der Waals surface area contributed by atoms with Gasteiger partial charge in [0.25, 0.3) is 5.91 Å². The summed E-state index contributed by atoms with van der Waals surface area (Å²) in [6, 6.07) is 0.338. The molecule has 0 fully saturated rings. The maximum Gasteiger partial charge on any atom is 0.418 e. The number of aromatic nitrogens is 2. The molecule has 0 aliphatic heterocycles. The quantitative estimate of drug-likeness (QED) is 0.888. The molecule has 5 nitrogen and oxygen atoms in total. The summed E-state index contributed by atoms with van der Waals surface area (Å²) in [5.41, 5.74) is 4.56. The molecular formula is C12H10ClF3N4OS. The number of hydrogen-bond acceptors (Lipinski definition) is 5. The molecule has 0 unspecified atom stereocenters. The molecule has 1 atom stereocenters. The fraction of sp³-hybridized carbons (Fsp3) is 0.250. The molecule has 10 heteroatoms. The predicted octanol–water partition coefficient (Wildman–Crippen LogP) is 3.48. The number of rotatable bonds is 3. The Morgan fingerprint density at radius 2 is 2.09 bits per heavy atom. The second kappa shape index (κ2) is 6.19. The summed E-state index contributed by atoms with van der Waals surface area (Å²) >= 11 is 6.51. The molecular weight excluding hydrogens is 341 g/mol. The molecule has 0 aromatic carbocycles. The Bertz CT molecular complexity index is 702. The lowest BCUT2D eigenvalue weighted by molar-refractivity contribution is -0.137. The van der Waals surface area contributed by atoms with Crippen molar-refractivity contribution in [2.45, 2.75) is 19.1 Å². The van der Waals surface area contributed by atoms with Crippen LogP contribution in [0.2, 0.25) is 5.02 Å². The third-order valence-electron chi connectivity index (χ3n) is 2.54. The Morgan fingerprint density at radius 1 is 1.41 bits per heavy atom. The number of hydrogen-bond donors (Lipinski definition) is 2. The summed E-state index contributed by atoms with van der Waals surface area (Å²) in [6.45, 7) is 1.71. The summed E-state index contributed by atoms with van der Waals surface area (Å²) in [4.78, 5) is 19.8. The number of nitrogens with zero attached hydrogens (tertiary/aromatic N) is 2. The minimum Gasteiger partial charge on any atom is -0.322 e. The molecule has 3 N–H and O–H groups in total. The molecule has 0 spiro atoms. The van der Waals surface area contributed by atoms with Crippen molar-refractivity contribution in [2.24, 2.45) is 5.73 Å². The second-order valence-electron chi connectivity index (χ2n) is 4.35. The highest BCUT2D eigenvalue weighted by Crippen LogP contribution is 2.35. The van der Waals surface area contributed by atoms with Gasteiger partial charge in [-0.15, -0.1) is 11.3 Å². The number of nitrogens with one attached hydrogen (secondary N) is 1. The fourth-order valence-corrected chi connectivity index (χ4v) is 2.48. The van der Waals surface area contributed by atoms with Gasteiger partial charge in [-0.2, -0.15) is 13.2 Å². The first-order valence-corrected chi connectivity index (χ1v) is 7.13. The molecule has 0 aliphatic carbocycles. The lowest BCUT2D eigenvalue weighted by atomic mass is 10.2. The predicted molar refractivity (Wildman–Crippen MR) is 76.9 cm³/mol. The smallest absolute Gasteiger partial charge is 0.322 e. The minimum absolute atomic E-state index is 0.220. The molecule has 0 bridgehead atoms. The number of thiazole rings is 1. The van der Waals surface area contributed by atoms with E-state index in [1.807, 2.05) is 0 Å². The van der Waals surface area contributed by atoms with E-state index < -0.39 is 22.7 Å². The Labute approximate surface area is 132 Å². The fourth-order valence-electron chi connectivity index (χ4n) is 1.51. The van der Waals surface area contributed by atoms with Crippen LogP contribution in [0.15, 0.2) is 18.5 Å². The van der Waals surface area contributed by atoms with E-state index in [9.17, 15) is 18.0 Å². The van der Waals surface area contributed by atoms with Crippen molar-refractivity contribution in [3.8, 4) is 0 Å². The number of amides is 1. The van der Waals surface area contributed by atoms with Crippen LogP contribution in [-0.4, -0.2) is 15.9 Å². The second-order valence-corrected chi connectivity index (χ2v) is 5.82. The van der Waals surface area contributed by atoms with Crippen LogP contribution in [0.4, 0.5) is 19.0 Å². The molecule has 0 saturated carbocycles. The van der Waals surface area contributed by atoms with E-state index in [1.54, 1.807) is 6.92 Å². The van der Waals surface area contributed by atoms with E-state index in [0.29, 0.717) is 11.1 Å². The number of carbonyl (C=O) groups excluding carboxylic acids is 1. The summed E-state index contributed by atoms with van der Waals surface area (Å²) in [7, 11) is 0. The van der Waals surface area contributed by atoms with Gasteiger partial charge in [0.05, 0.1) is 22.8 Å². The normalized spacial score (nSPS) is 13.0. The lowest BCUT2D eigenvalue weighted by Gasteiger charge is -2.10. The summed E-state index contributed by atoms with van der Waals surface area (Å²) in [5.74, 6) is -0.871. The SMILES string of the molecule is C[C@@H](N)c1ncc(C(=O)Nc2cc(C(F)(F)F)c(Cl)cn2)s1. The topological polar surface area (TPSA) is 80.9 Å². The molecule has 2 aromatic rings. The molecule has 2 rings (SSSR count). The standard InChI is InChI=1S/C12H10ClF3N4OS/c1-5(17)11-19-4-8(22-11)10(21)20-9-2-6(12(14,15)16)7(13)3-18-9/h2-5H,17H2,1H3,(H,18,20,21)/t5-/m1/s1. The maximum absolute atomic E-state index is 12.7. The highest BCUT2D eigenvalue weighted by Gasteiger charge is 2.34. The van der Waals surface area contributed by atoms with Gasteiger partial charge in [-0.1, -0.05) is 11.6 Å². The summed E-state index contributed by atoms with van der Waals surface area (Å²) < 4.78 is 38.2. The first-order chi connectivity index (χ1) is 10.2. The Hall–Kier alpha value is -1.71. The zero-order chi connectivity index (χ0) is 16.5. The average Bonchev–Trinajstić information content (AvgIpc) is 2.89. The highest BCUT2D eigenvalue weighted by molar-refractivity contribution is 7.13. The van der Waals surface area contributed by atoms with E-state index in [-0.39, 0.29) is 16.7 Å². The summed E-state index contributed by atoms with van der Waals surface area (Å²) in [6.07, 6.45) is -2.49. The van der Waals surface area contributed by atoms with Gasteiger partial charge in [0.1, 0.15) is 15.7 Å².